The number of nitrogens with zero attached hydrogens (tertiary/aromatic N) is 2. The summed E-state index contributed by atoms with van der Waals surface area (Å²) in [5.41, 5.74) is 4.20. The summed E-state index contributed by atoms with van der Waals surface area (Å²) in [5, 5.41) is 13.9. The molecule has 1 amide bonds. The summed E-state index contributed by atoms with van der Waals surface area (Å²) in [6.45, 7) is 7.34. The molecule has 0 aliphatic heterocycles. The molecule has 0 fully saturated rings. The van der Waals surface area contributed by atoms with Gasteiger partial charge in [0.25, 0.3) is 15.7 Å². The maximum atomic E-state index is 13.4. The average molecular weight is 482 g/mol. The van der Waals surface area contributed by atoms with Crippen LogP contribution in [-0.2, 0) is 14.8 Å². The largest absolute Gasteiger partial charge is 0.348 e. The molecular weight excluding hydrogens is 454 g/mol. The number of benzene rings is 3. The molecule has 0 saturated heterocycles. The van der Waals surface area contributed by atoms with Crippen LogP contribution in [0.4, 0.5) is 11.4 Å². The maximum absolute atomic E-state index is 13.4. The lowest BCUT2D eigenvalue weighted by atomic mass is 9.96. The van der Waals surface area contributed by atoms with Crippen molar-refractivity contribution in [2.75, 3.05) is 10.8 Å². The van der Waals surface area contributed by atoms with Gasteiger partial charge in [0.1, 0.15) is 6.54 Å². The highest BCUT2D eigenvalue weighted by Crippen LogP contribution is 2.26. The Labute approximate surface area is 199 Å². The predicted molar refractivity (Wildman–Crippen MR) is 131 cm³/mol. The zero-order valence-corrected chi connectivity index (χ0v) is 20.3. The second kappa shape index (κ2) is 10.0. The number of amides is 1. The Morgan fingerprint density at radius 2 is 1.56 bits per heavy atom. The number of aryl methyl sites for hydroxylation is 3. The number of nitro groups is 1. The number of carbonyl (C=O) groups excluding carboxylic acids is 1. The number of nitro benzene ring substituents is 1. The normalized spacial score (nSPS) is 12.1. The van der Waals surface area contributed by atoms with E-state index in [0.717, 1.165) is 26.6 Å². The molecule has 0 aliphatic rings. The Kier molecular flexibility index (Phi) is 7.36. The van der Waals surface area contributed by atoms with Crippen LogP contribution in [0.2, 0.25) is 0 Å². The molecule has 3 rings (SSSR count). The molecule has 0 spiro atoms. The van der Waals surface area contributed by atoms with Gasteiger partial charge in [-0.3, -0.25) is 19.2 Å². The summed E-state index contributed by atoms with van der Waals surface area (Å²) >= 11 is 0. The van der Waals surface area contributed by atoms with Crippen molar-refractivity contribution in [2.45, 2.75) is 38.6 Å². The number of anilines is 1. The fourth-order valence-corrected chi connectivity index (χ4v) is 5.16. The first kappa shape index (κ1) is 24.9. The van der Waals surface area contributed by atoms with Crippen LogP contribution >= 0.6 is 0 Å². The Morgan fingerprint density at radius 1 is 0.971 bits per heavy atom. The number of nitrogens with one attached hydrogen (secondary N) is 1. The van der Waals surface area contributed by atoms with Gasteiger partial charge >= 0.3 is 0 Å². The van der Waals surface area contributed by atoms with Gasteiger partial charge in [-0.25, -0.2) is 8.42 Å². The summed E-state index contributed by atoms with van der Waals surface area (Å²) in [4.78, 5) is 23.5. The van der Waals surface area contributed by atoms with Crippen LogP contribution in [0.25, 0.3) is 0 Å². The number of sulfonamides is 1. The Morgan fingerprint density at radius 3 is 2.15 bits per heavy atom. The van der Waals surface area contributed by atoms with Gasteiger partial charge < -0.3 is 5.32 Å². The van der Waals surface area contributed by atoms with Crippen molar-refractivity contribution in [1.29, 1.82) is 0 Å². The van der Waals surface area contributed by atoms with Crippen molar-refractivity contribution < 1.29 is 18.1 Å². The molecule has 0 aliphatic carbocycles. The minimum Gasteiger partial charge on any atom is -0.348 e. The third-order valence-corrected chi connectivity index (χ3v) is 7.48. The van der Waals surface area contributed by atoms with Crippen molar-refractivity contribution in [3.05, 3.63) is 99.1 Å². The van der Waals surface area contributed by atoms with Crippen molar-refractivity contribution in [3.63, 3.8) is 0 Å². The van der Waals surface area contributed by atoms with Crippen molar-refractivity contribution >= 4 is 27.3 Å². The van der Waals surface area contributed by atoms with E-state index in [-0.39, 0.29) is 22.3 Å². The van der Waals surface area contributed by atoms with E-state index in [9.17, 15) is 23.3 Å². The summed E-state index contributed by atoms with van der Waals surface area (Å²) in [7, 11) is -4.10. The Bertz CT molecular complexity index is 1310. The highest BCUT2D eigenvalue weighted by atomic mass is 32.2. The van der Waals surface area contributed by atoms with Crippen LogP contribution < -0.4 is 9.62 Å². The second-order valence-electron chi connectivity index (χ2n) is 8.18. The summed E-state index contributed by atoms with van der Waals surface area (Å²) in [5.74, 6) is -0.497. The number of hydrogen-bond donors (Lipinski definition) is 1. The van der Waals surface area contributed by atoms with Gasteiger partial charge in [-0.2, -0.15) is 0 Å². The molecule has 1 N–H and O–H groups in total. The molecule has 0 radical (unpaired) electrons. The number of carbonyl (C=O) groups is 1. The van der Waals surface area contributed by atoms with Crippen molar-refractivity contribution in [3.8, 4) is 0 Å². The quantitative estimate of drug-likeness (QED) is 0.374. The first-order chi connectivity index (χ1) is 16.0. The van der Waals surface area contributed by atoms with E-state index in [0.29, 0.717) is 0 Å². The topological polar surface area (TPSA) is 110 Å². The first-order valence-corrected chi connectivity index (χ1v) is 12.1. The monoisotopic (exact) mass is 481 g/mol. The molecule has 1 unspecified atom stereocenters. The molecule has 0 saturated carbocycles. The van der Waals surface area contributed by atoms with Gasteiger partial charge in [-0.15, -0.1) is 0 Å². The van der Waals surface area contributed by atoms with Crippen LogP contribution in [0.1, 0.15) is 35.2 Å². The summed E-state index contributed by atoms with van der Waals surface area (Å²) < 4.78 is 27.7. The smallest absolute Gasteiger partial charge is 0.269 e. The fraction of sp³-hybridized carbons (Fsp3) is 0.240. The van der Waals surface area contributed by atoms with Gasteiger partial charge in [-0.1, -0.05) is 30.3 Å². The van der Waals surface area contributed by atoms with E-state index in [1.54, 1.807) is 18.2 Å². The third-order valence-electron chi connectivity index (χ3n) is 5.69. The minimum absolute atomic E-state index is 0.0132. The lowest BCUT2D eigenvalue weighted by Gasteiger charge is -2.25. The molecule has 8 nitrogen and oxygen atoms in total. The third kappa shape index (κ3) is 5.43. The van der Waals surface area contributed by atoms with Crippen LogP contribution in [0, 0.1) is 30.9 Å². The molecule has 0 aromatic heterocycles. The van der Waals surface area contributed by atoms with Crippen LogP contribution in [0.5, 0.6) is 0 Å². The average Bonchev–Trinajstić information content (AvgIpc) is 2.80. The standard InChI is InChI=1S/C25H27N3O5S/c1-17-14-19(3)24(15-18(17)2)20(4)26-25(29)16-27(21-10-12-22(13-11-21)28(30)31)34(32,33)23-8-6-5-7-9-23/h5-15,20H,16H2,1-4H3,(H,26,29). The van der Waals surface area contributed by atoms with E-state index in [1.807, 2.05) is 33.8 Å². The van der Waals surface area contributed by atoms with Crippen LogP contribution in [0.3, 0.4) is 0 Å². The lowest BCUT2D eigenvalue weighted by Crippen LogP contribution is -2.41. The molecule has 3 aromatic rings. The fourth-order valence-electron chi connectivity index (χ4n) is 3.72. The highest BCUT2D eigenvalue weighted by Gasteiger charge is 2.28. The van der Waals surface area contributed by atoms with Gasteiger partial charge in [-0.05, 0) is 74.2 Å². The predicted octanol–water partition coefficient (Wildman–Crippen LogP) is 4.59. The summed E-state index contributed by atoms with van der Waals surface area (Å²) in [6.07, 6.45) is 0. The second-order valence-corrected chi connectivity index (χ2v) is 10.0. The molecule has 1 atom stereocenters. The number of non-ortho nitro benzene ring substituents is 1. The zero-order valence-electron chi connectivity index (χ0n) is 19.5. The molecular formula is C25H27N3O5S. The highest BCUT2D eigenvalue weighted by molar-refractivity contribution is 7.92. The van der Waals surface area contributed by atoms with E-state index >= 15 is 0 Å². The number of rotatable bonds is 8. The van der Waals surface area contributed by atoms with Gasteiger partial charge in [0, 0.05) is 12.1 Å². The van der Waals surface area contributed by atoms with Crippen molar-refractivity contribution in [1.82, 2.24) is 5.32 Å². The molecule has 0 heterocycles. The number of hydrogen-bond acceptors (Lipinski definition) is 5. The first-order valence-electron chi connectivity index (χ1n) is 10.7. The van der Waals surface area contributed by atoms with Crippen LogP contribution in [-0.4, -0.2) is 25.8 Å². The minimum atomic E-state index is -4.10. The van der Waals surface area contributed by atoms with E-state index in [4.69, 9.17) is 0 Å². The molecule has 9 heteroatoms. The zero-order chi connectivity index (χ0) is 25.0. The maximum Gasteiger partial charge on any atom is 0.269 e. The molecule has 34 heavy (non-hydrogen) atoms. The van der Waals surface area contributed by atoms with Gasteiger partial charge in [0.05, 0.1) is 21.5 Å². The van der Waals surface area contributed by atoms with Crippen LogP contribution in [0.15, 0.2) is 71.6 Å². The SMILES string of the molecule is Cc1cc(C)c(C(C)NC(=O)CN(c2ccc([N+](=O)[O-])cc2)S(=O)(=O)c2ccccc2)cc1C. The van der Waals surface area contributed by atoms with Gasteiger partial charge in [0.2, 0.25) is 5.91 Å². The van der Waals surface area contributed by atoms with E-state index in [1.165, 1.54) is 36.4 Å². The molecule has 0 bridgehead atoms. The lowest BCUT2D eigenvalue weighted by molar-refractivity contribution is -0.384. The Hall–Kier alpha value is -3.72. The summed E-state index contributed by atoms with van der Waals surface area (Å²) in [6, 6.07) is 16.5. The Balaban J connectivity index is 1.91. The van der Waals surface area contributed by atoms with Gasteiger partial charge in [0.15, 0.2) is 0 Å². The van der Waals surface area contributed by atoms with Crippen molar-refractivity contribution in [2.24, 2.45) is 0 Å². The molecule has 178 valence electrons. The molecule has 3 aromatic carbocycles. The van der Waals surface area contributed by atoms with E-state index in [2.05, 4.69) is 11.4 Å². The van der Waals surface area contributed by atoms with E-state index < -0.39 is 27.4 Å².